The Morgan fingerprint density at radius 1 is 1.10 bits per heavy atom. The molecule has 0 aliphatic heterocycles. The fraction of sp³-hybridized carbons (Fsp3) is 0.364. The molecule has 7 heteroatoms. The van der Waals surface area contributed by atoms with Gasteiger partial charge in [-0.05, 0) is 49.6 Å². The number of nitrogens with one attached hydrogen (secondary N) is 2. The first kappa shape index (κ1) is 23.0. The van der Waals surface area contributed by atoms with Gasteiger partial charge in [0.1, 0.15) is 11.6 Å². The van der Waals surface area contributed by atoms with Crippen LogP contribution in [0.1, 0.15) is 17.8 Å². The summed E-state index contributed by atoms with van der Waals surface area (Å²) < 4.78 is 7.55. The van der Waals surface area contributed by atoms with Crippen LogP contribution in [0.25, 0.3) is 11.0 Å². The quantitative estimate of drug-likeness (QED) is 0.211. The van der Waals surface area contributed by atoms with Crippen LogP contribution in [0.4, 0.5) is 0 Å². The molecule has 0 spiro atoms. The molecule has 0 radical (unpaired) electrons. The highest BCUT2D eigenvalue weighted by Crippen LogP contribution is 2.15. The van der Waals surface area contributed by atoms with Crippen LogP contribution in [0.2, 0.25) is 0 Å². The number of halogens is 1. The van der Waals surface area contributed by atoms with Crippen LogP contribution in [-0.2, 0) is 13.0 Å². The van der Waals surface area contributed by atoms with E-state index in [0.29, 0.717) is 0 Å². The van der Waals surface area contributed by atoms with Crippen molar-refractivity contribution in [2.24, 2.45) is 4.99 Å². The maximum absolute atomic E-state index is 5.27. The second-order valence-electron chi connectivity index (χ2n) is 6.68. The Bertz CT molecular complexity index is 938. The number of para-hydroxylation sites is 2. The summed E-state index contributed by atoms with van der Waals surface area (Å²) in [7, 11) is 3.49. The second kappa shape index (κ2) is 11.6. The first-order valence-electron chi connectivity index (χ1n) is 9.70. The van der Waals surface area contributed by atoms with Crippen LogP contribution in [0, 0.1) is 6.92 Å². The van der Waals surface area contributed by atoms with E-state index in [2.05, 4.69) is 62.4 Å². The molecule has 0 amide bonds. The molecule has 1 heterocycles. The van der Waals surface area contributed by atoms with E-state index in [9.17, 15) is 0 Å². The lowest BCUT2D eigenvalue weighted by Gasteiger charge is -2.13. The van der Waals surface area contributed by atoms with Gasteiger partial charge in [0.25, 0.3) is 0 Å². The molecule has 0 aliphatic carbocycles. The highest BCUT2D eigenvalue weighted by Gasteiger charge is 2.06. The van der Waals surface area contributed by atoms with Gasteiger partial charge in [-0.2, -0.15) is 0 Å². The standard InChI is InChI=1S/C22H29N5O.HI/c1-17-26-20-10-4-5-11-21(20)27(17)15-7-13-24-22(23-2)25-14-12-18-8-6-9-19(16-18)28-3;/h4-6,8-11,16H,7,12-15H2,1-3H3,(H2,23,24,25);1H. The number of fused-ring (bicyclic) bond motifs is 1. The summed E-state index contributed by atoms with van der Waals surface area (Å²) in [5, 5.41) is 6.76. The average molecular weight is 507 g/mol. The van der Waals surface area contributed by atoms with E-state index >= 15 is 0 Å². The van der Waals surface area contributed by atoms with E-state index in [1.807, 2.05) is 18.2 Å². The second-order valence-corrected chi connectivity index (χ2v) is 6.68. The Morgan fingerprint density at radius 2 is 1.90 bits per heavy atom. The normalized spacial score (nSPS) is 11.2. The Morgan fingerprint density at radius 3 is 2.69 bits per heavy atom. The Kier molecular flexibility index (Phi) is 9.24. The Hall–Kier alpha value is -2.29. The Labute approximate surface area is 189 Å². The number of aliphatic imine (C=N–C) groups is 1. The summed E-state index contributed by atoms with van der Waals surface area (Å²) in [5.41, 5.74) is 3.49. The number of ether oxygens (including phenoxy) is 1. The van der Waals surface area contributed by atoms with Crippen molar-refractivity contribution in [3.05, 3.63) is 59.9 Å². The molecule has 29 heavy (non-hydrogen) atoms. The molecule has 6 nitrogen and oxygen atoms in total. The number of hydrogen-bond acceptors (Lipinski definition) is 3. The summed E-state index contributed by atoms with van der Waals surface area (Å²) >= 11 is 0. The number of imidazole rings is 1. The fourth-order valence-corrected chi connectivity index (χ4v) is 3.30. The highest BCUT2D eigenvalue weighted by molar-refractivity contribution is 14.0. The van der Waals surface area contributed by atoms with E-state index in [1.54, 1.807) is 14.2 Å². The molecule has 0 atom stereocenters. The summed E-state index contributed by atoms with van der Waals surface area (Å²) in [5.74, 6) is 2.78. The molecule has 2 aromatic carbocycles. The van der Waals surface area contributed by atoms with Crippen LogP contribution < -0.4 is 15.4 Å². The predicted octanol–water partition coefficient (Wildman–Crippen LogP) is 3.77. The molecule has 1 aromatic heterocycles. The van der Waals surface area contributed by atoms with Crippen LogP contribution in [-0.4, -0.2) is 42.8 Å². The molecule has 0 aliphatic rings. The summed E-state index contributed by atoms with van der Waals surface area (Å²) in [6, 6.07) is 16.4. The molecule has 0 saturated carbocycles. The highest BCUT2D eigenvalue weighted by atomic mass is 127. The van der Waals surface area contributed by atoms with Gasteiger partial charge in [0.15, 0.2) is 5.96 Å². The number of rotatable bonds is 8. The van der Waals surface area contributed by atoms with Crippen LogP contribution >= 0.6 is 24.0 Å². The lowest BCUT2D eigenvalue weighted by Crippen LogP contribution is -2.39. The zero-order valence-electron chi connectivity index (χ0n) is 17.3. The zero-order chi connectivity index (χ0) is 19.8. The maximum Gasteiger partial charge on any atom is 0.190 e. The van der Waals surface area contributed by atoms with Gasteiger partial charge in [0.2, 0.25) is 0 Å². The first-order valence-corrected chi connectivity index (χ1v) is 9.70. The van der Waals surface area contributed by atoms with Gasteiger partial charge >= 0.3 is 0 Å². The van der Waals surface area contributed by atoms with Gasteiger partial charge in [-0.1, -0.05) is 24.3 Å². The SMILES string of the molecule is CN=C(NCCCn1c(C)nc2ccccc21)NCCc1cccc(OC)c1.I. The third kappa shape index (κ3) is 6.35. The van der Waals surface area contributed by atoms with E-state index < -0.39 is 0 Å². The van der Waals surface area contributed by atoms with Crippen molar-refractivity contribution in [3.8, 4) is 5.75 Å². The number of aryl methyl sites for hydroxylation is 2. The molecule has 0 unspecified atom stereocenters. The lowest BCUT2D eigenvalue weighted by molar-refractivity contribution is 0.414. The van der Waals surface area contributed by atoms with Crippen molar-refractivity contribution in [1.82, 2.24) is 20.2 Å². The third-order valence-electron chi connectivity index (χ3n) is 4.76. The number of guanidine groups is 1. The number of nitrogens with zero attached hydrogens (tertiary/aromatic N) is 3. The third-order valence-corrected chi connectivity index (χ3v) is 4.76. The minimum Gasteiger partial charge on any atom is -0.497 e. The van der Waals surface area contributed by atoms with Crippen LogP contribution in [0.5, 0.6) is 5.75 Å². The molecule has 3 rings (SSSR count). The largest absolute Gasteiger partial charge is 0.497 e. The number of hydrogen-bond donors (Lipinski definition) is 2. The topological polar surface area (TPSA) is 63.5 Å². The fourth-order valence-electron chi connectivity index (χ4n) is 3.30. The van der Waals surface area contributed by atoms with Gasteiger partial charge in [0.05, 0.1) is 18.1 Å². The van der Waals surface area contributed by atoms with Crippen LogP contribution in [0.15, 0.2) is 53.5 Å². The van der Waals surface area contributed by atoms with Crippen molar-refractivity contribution >= 4 is 41.0 Å². The summed E-state index contributed by atoms with van der Waals surface area (Å²) in [6.45, 7) is 4.66. The van der Waals surface area contributed by atoms with Crippen LogP contribution in [0.3, 0.4) is 0 Å². The van der Waals surface area contributed by atoms with E-state index in [1.165, 1.54) is 11.1 Å². The molecule has 2 N–H and O–H groups in total. The molecule has 3 aromatic rings. The molecule has 0 fully saturated rings. The number of methoxy groups -OCH3 is 1. The molecule has 0 bridgehead atoms. The predicted molar refractivity (Wildman–Crippen MR) is 131 cm³/mol. The maximum atomic E-state index is 5.27. The van der Waals surface area contributed by atoms with Gasteiger partial charge in [0, 0.05) is 26.7 Å². The van der Waals surface area contributed by atoms with Crippen molar-refractivity contribution in [2.75, 3.05) is 27.2 Å². The first-order chi connectivity index (χ1) is 13.7. The smallest absolute Gasteiger partial charge is 0.190 e. The monoisotopic (exact) mass is 507 g/mol. The van der Waals surface area contributed by atoms with E-state index in [0.717, 1.165) is 55.5 Å². The molecule has 0 saturated heterocycles. The summed E-state index contributed by atoms with van der Waals surface area (Å²) in [6.07, 6.45) is 1.91. The minimum atomic E-state index is 0. The molecular weight excluding hydrogens is 477 g/mol. The van der Waals surface area contributed by atoms with Gasteiger partial charge < -0.3 is 19.9 Å². The zero-order valence-corrected chi connectivity index (χ0v) is 19.6. The van der Waals surface area contributed by atoms with Crippen molar-refractivity contribution in [3.63, 3.8) is 0 Å². The molecular formula is C22H30IN5O. The number of aromatic nitrogens is 2. The lowest BCUT2D eigenvalue weighted by atomic mass is 10.1. The van der Waals surface area contributed by atoms with Gasteiger partial charge in [-0.25, -0.2) is 4.98 Å². The Balaban J connectivity index is 0.00000300. The molecule has 156 valence electrons. The van der Waals surface area contributed by atoms with Gasteiger partial charge in [-0.15, -0.1) is 24.0 Å². The minimum absolute atomic E-state index is 0. The average Bonchev–Trinajstić information content (AvgIpc) is 3.05. The van der Waals surface area contributed by atoms with Crippen molar-refractivity contribution in [2.45, 2.75) is 26.3 Å². The van der Waals surface area contributed by atoms with E-state index in [-0.39, 0.29) is 24.0 Å². The van der Waals surface area contributed by atoms with Gasteiger partial charge in [-0.3, -0.25) is 4.99 Å². The van der Waals surface area contributed by atoms with Crippen molar-refractivity contribution in [1.29, 1.82) is 0 Å². The number of benzene rings is 2. The summed E-state index contributed by atoms with van der Waals surface area (Å²) in [4.78, 5) is 8.93. The van der Waals surface area contributed by atoms with Crippen molar-refractivity contribution < 1.29 is 4.74 Å². The van der Waals surface area contributed by atoms with E-state index in [4.69, 9.17) is 4.74 Å².